The molecule has 0 radical (unpaired) electrons. The molecule has 0 unspecified atom stereocenters. The first-order chi connectivity index (χ1) is 7.65. The standard InChI is InChI=1S/C10H18N4O2/c1-4-6-12-9-7(10(15)16-3)8(11)14(5-2)13-9/h4-6,11H2,1-3H3,(H,12,13). The lowest BCUT2D eigenvalue weighted by molar-refractivity contribution is 0.0603. The van der Waals surface area contributed by atoms with Crippen LogP contribution in [0, 0.1) is 0 Å². The molecule has 0 aliphatic carbocycles. The zero-order valence-corrected chi connectivity index (χ0v) is 9.91. The first-order valence-corrected chi connectivity index (χ1v) is 5.34. The number of rotatable bonds is 5. The Morgan fingerprint density at radius 2 is 2.25 bits per heavy atom. The average Bonchev–Trinajstić information content (AvgIpc) is 2.62. The number of aryl methyl sites for hydroxylation is 1. The molecule has 0 saturated heterocycles. The number of anilines is 2. The highest BCUT2D eigenvalue weighted by molar-refractivity contribution is 5.99. The Hall–Kier alpha value is -1.72. The van der Waals surface area contributed by atoms with Crippen molar-refractivity contribution >= 4 is 17.6 Å². The number of aromatic nitrogens is 2. The molecule has 1 aromatic heterocycles. The maximum atomic E-state index is 11.6. The second kappa shape index (κ2) is 5.39. The Labute approximate surface area is 94.8 Å². The molecule has 0 aliphatic rings. The number of ether oxygens (including phenoxy) is 1. The van der Waals surface area contributed by atoms with Gasteiger partial charge in [0, 0.05) is 13.1 Å². The fraction of sp³-hybridized carbons (Fsp3) is 0.600. The summed E-state index contributed by atoms with van der Waals surface area (Å²) in [6.07, 6.45) is 0.944. The molecule has 6 heteroatoms. The van der Waals surface area contributed by atoms with Gasteiger partial charge in [-0.15, -0.1) is 0 Å². The highest BCUT2D eigenvalue weighted by Crippen LogP contribution is 2.22. The van der Waals surface area contributed by atoms with Gasteiger partial charge in [-0.25, -0.2) is 9.48 Å². The first-order valence-electron chi connectivity index (χ1n) is 5.34. The van der Waals surface area contributed by atoms with Crippen LogP contribution in [-0.2, 0) is 11.3 Å². The Morgan fingerprint density at radius 1 is 1.56 bits per heavy atom. The van der Waals surface area contributed by atoms with Crippen molar-refractivity contribution in [3.63, 3.8) is 0 Å². The molecule has 0 atom stereocenters. The number of carbonyl (C=O) groups is 1. The highest BCUT2D eigenvalue weighted by Gasteiger charge is 2.21. The smallest absolute Gasteiger partial charge is 0.345 e. The number of nitrogen functional groups attached to an aromatic ring is 1. The molecular weight excluding hydrogens is 208 g/mol. The summed E-state index contributed by atoms with van der Waals surface area (Å²) >= 11 is 0. The molecule has 90 valence electrons. The molecular formula is C10H18N4O2. The van der Waals surface area contributed by atoms with Gasteiger partial charge in [0.2, 0.25) is 0 Å². The predicted molar refractivity (Wildman–Crippen MR) is 62.4 cm³/mol. The Bertz CT molecular complexity index is 373. The lowest BCUT2D eigenvalue weighted by Crippen LogP contribution is -2.09. The van der Waals surface area contributed by atoms with E-state index in [4.69, 9.17) is 5.73 Å². The van der Waals surface area contributed by atoms with Crippen LogP contribution >= 0.6 is 0 Å². The van der Waals surface area contributed by atoms with Crippen LogP contribution in [0.4, 0.5) is 11.6 Å². The van der Waals surface area contributed by atoms with Crippen molar-refractivity contribution in [1.82, 2.24) is 9.78 Å². The molecule has 0 aromatic carbocycles. The summed E-state index contributed by atoms with van der Waals surface area (Å²) < 4.78 is 6.26. The van der Waals surface area contributed by atoms with E-state index >= 15 is 0 Å². The van der Waals surface area contributed by atoms with Gasteiger partial charge in [-0.2, -0.15) is 5.10 Å². The summed E-state index contributed by atoms with van der Waals surface area (Å²) in [6.45, 7) is 5.30. The summed E-state index contributed by atoms with van der Waals surface area (Å²) in [4.78, 5) is 11.6. The summed E-state index contributed by atoms with van der Waals surface area (Å²) in [5.41, 5.74) is 6.14. The number of nitrogens with zero attached hydrogens (tertiary/aromatic N) is 2. The lowest BCUT2D eigenvalue weighted by atomic mass is 10.3. The third-order valence-corrected chi connectivity index (χ3v) is 2.22. The molecule has 1 rings (SSSR count). The normalized spacial score (nSPS) is 10.2. The van der Waals surface area contributed by atoms with E-state index in [1.165, 1.54) is 7.11 Å². The summed E-state index contributed by atoms with van der Waals surface area (Å²) in [5, 5.41) is 7.28. The second-order valence-electron chi connectivity index (χ2n) is 3.34. The van der Waals surface area contributed by atoms with Crippen LogP contribution in [0.15, 0.2) is 0 Å². The number of hydrogen-bond acceptors (Lipinski definition) is 5. The van der Waals surface area contributed by atoms with E-state index in [-0.39, 0.29) is 0 Å². The molecule has 0 amide bonds. The molecule has 1 aromatic rings. The van der Waals surface area contributed by atoms with Crippen molar-refractivity contribution in [2.75, 3.05) is 24.7 Å². The van der Waals surface area contributed by atoms with Crippen LogP contribution in [0.25, 0.3) is 0 Å². The van der Waals surface area contributed by atoms with Gasteiger partial charge in [-0.3, -0.25) is 0 Å². The van der Waals surface area contributed by atoms with Crippen molar-refractivity contribution in [2.24, 2.45) is 0 Å². The van der Waals surface area contributed by atoms with E-state index in [1.807, 2.05) is 13.8 Å². The SMILES string of the molecule is CCCNc1nn(CC)c(N)c1C(=O)OC. The third-order valence-electron chi connectivity index (χ3n) is 2.22. The fourth-order valence-electron chi connectivity index (χ4n) is 1.39. The average molecular weight is 226 g/mol. The maximum Gasteiger partial charge on any atom is 0.345 e. The Morgan fingerprint density at radius 3 is 2.75 bits per heavy atom. The lowest BCUT2D eigenvalue weighted by Gasteiger charge is -2.03. The monoisotopic (exact) mass is 226 g/mol. The topological polar surface area (TPSA) is 82.2 Å². The molecule has 0 spiro atoms. The minimum atomic E-state index is -0.462. The van der Waals surface area contributed by atoms with Crippen molar-refractivity contribution < 1.29 is 9.53 Å². The van der Waals surface area contributed by atoms with Gasteiger partial charge in [0.05, 0.1) is 7.11 Å². The van der Waals surface area contributed by atoms with Crippen LogP contribution in [0.1, 0.15) is 30.6 Å². The van der Waals surface area contributed by atoms with Crippen molar-refractivity contribution in [3.8, 4) is 0 Å². The number of methoxy groups -OCH3 is 1. The van der Waals surface area contributed by atoms with Gasteiger partial charge in [-0.1, -0.05) is 6.92 Å². The minimum absolute atomic E-state index is 0.317. The summed E-state index contributed by atoms with van der Waals surface area (Å²) in [7, 11) is 1.33. The molecule has 3 N–H and O–H groups in total. The quantitative estimate of drug-likeness (QED) is 0.734. The fourth-order valence-corrected chi connectivity index (χ4v) is 1.39. The predicted octanol–water partition coefficient (Wildman–Crippen LogP) is 1.09. The number of carbonyl (C=O) groups excluding carboxylic acids is 1. The zero-order chi connectivity index (χ0) is 12.1. The molecule has 1 heterocycles. The zero-order valence-electron chi connectivity index (χ0n) is 9.91. The van der Waals surface area contributed by atoms with Gasteiger partial charge in [0.25, 0.3) is 0 Å². The van der Waals surface area contributed by atoms with Gasteiger partial charge in [-0.05, 0) is 13.3 Å². The van der Waals surface area contributed by atoms with E-state index in [2.05, 4.69) is 15.2 Å². The second-order valence-corrected chi connectivity index (χ2v) is 3.34. The van der Waals surface area contributed by atoms with Gasteiger partial charge < -0.3 is 15.8 Å². The number of nitrogens with two attached hydrogens (primary N) is 1. The summed E-state index contributed by atoms with van der Waals surface area (Å²) in [5.74, 6) is 0.372. The van der Waals surface area contributed by atoms with E-state index in [9.17, 15) is 4.79 Å². The van der Waals surface area contributed by atoms with Crippen LogP contribution in [0.3, 0.4) is 0 Å². The Kier molecular flexibility index (Phi) is 4.16. The van der Waals surface area contributed by atoms with E-state index in [1.54, 1.807) is 4.68 Å². The molecule has 0 bridgehead atoms. The molecule has 16 heavy (non-hydrogen) atoms. The number of nitrogens with one attached hydrogen (secondary N) is 1. The minimum Gasteiger partial charge on any atom is -0.465 e. The number of esters is 1. The first kappa shape index (κ1) is 12.4. The van der Waals surface area contributed by atoms with Gasteiger partial charge >= 0.3 is 5.97 Å². The number of hydrogen-bond donors (Lipinski definition) is 2. The third kappa shape index (κ3) is 2.26. The van der Waals surface area contributed by atoms with E-state index < -0.39 is 5.97 Å². The van der Waals surface area contributed by atoms with Gasteiger partial charge in [0.1, 0.15) is 11.4 Å². The van der Waals surface area contributed by atoms with Crippen LogP contribution in [0.5, 0.6) is 0 Å². The largest absolute Gasteiger partial charge is 0.465 e. The van der Waals surface area contributed by atoms with E-state index in [0.29, 0.717) is 23.7 Å². The van der Waals surface area contributed by atoms with Crippen LogP contribution < -0.4 is 11.1 Å². The molecule has 6 nitrogen and oxygen atoms in total. The van der Waals surface area contributed by atoms with Gasteiger partial charge in [0.15, 0.2) is 5.82 Å². The summed E-state index contributed by atoms with van der Waals surface area (Å²) in [6, 6.07) is 0. The van der Waals surface area contributed by atoms with Crippen molar-refractivity contribution in [1.29, 1.82) is 0 Å². The van der Waals surface area contributed by atoms with Crippen LogP contribution in [0.2, 0.25) is 0 Å². The van der Waals surface area contributed by atoms with Crippen LogP contribution in [-0.4, -0.2) is 29.4 Å². The van der Waals surface area contributed by atoms with Crippen molar-refractivity contribution in [3.05, 3.63) is 5.56 Å². The Balaban J connectivity index is 3.09. The van der Waals surface area contributed by atoms with E-state index in [0.717, 1.165) is 13.0 Å². The highest BCUT2D eigenvalue weighted by atomic mass is 16.5. The molecule has 0 aliphatic heterocycles. The molecule has 0 saturated carbocycles. The molecule has 0 fully saturated rings. The maximum absolute atomic E-state index is 11.6. The van der Waals surface area contributed by atoms with Crippen molar-refractivity contribution in [2.45, 2.75) is 26.8 Å².